The third-order valence-electron chi connectivity index (χ3n) is 15.7. The van der Waals surface area contributed by atoms with Gasteiger partial charge < -0.3 is 58.2 Å². The van der Waals surface area contributed by atoms with Gasteiger partial charge >= 0.3 is 0 Å². The largest absolute Gasteiger partial charge is 0.451 e. The van der Waals surface area contributed by atoms with Gasteiger partial charge in [0.25, 0.3) is 0 Å². The molecule has 80 heavy (non-hydrogen) atoms. The topological polar surface area (TPSA) is 200 Å². The molecule has 0 radical (unpaired) electrons. The Bertz CT molecular complexity index is 3070. The van der Waals surface area contributed by atoms with E-state index in [1.807, 2.05) is 163 Å². The van der Waals surface area contributed by atoms with Crippen LogP contribution in [0.25, 0.3) is 0 Å². The van der Waals surface area contributed by atoms with E-state index in [2.05, 4.69) is 72.8 Å². The lowest BCUT2D eigenvalue weighted by Gasteiger charge is -2.37. The van der Waals surface area contributed by atoms with Crippen LogP contribution in [0.5, 0.6) is 0 Å². The van der Waals surface area contributed by atoms with Gasteiger partial charge in [-0.05, 0) is 74.9 Å². The van der Waals surface area contributed by atoms with Crippen molar-refractivity contribution < 1.29 is 46.7 Å². The summed E-state index contributed by atoms with van der Waals surface area (Å²) in [6.45, 7) is 11.8. The molecule has 14 nitrogen and oxygen atoms in total. The molecule has 0 amide bonds. The van der Waals surface area contributed by atoms with Crippen molar-refractivity contribution in [3.63, 3.8) is 0 Å². The second-order valence-electron chi connectivity index (χ2n) is 21.8. The molecule has 408 valence electrons. The lowest BCUT2D eigenvalue weighted by Crippen LogP contribution is -2.42. The van der Waals surface area contributed by atoms with Crippen molar-refractivity contribution in [3.05, 3.63) is 251 Å². The third kappa shape index (κ3) is 9.47. The molecule has 4 fully saturated rings. The van der Waals surface area contributed by atoms with Crippen LogP contribution < -0.4 is 11.5 Å². The molecule has 4 N–H and O–H groups in total. The van der Waals surface area contributed by atoms with Gasteiger partial charge in [0.2, 0.25) is 11.5 Å². The van der Waals surface area contributed by atoms with Crippen LogP contribution in [0.1, 0.15) is 110 Å². The monoisotopic (exact) mass is 1070 g/mol. The number of anilines is 2. The summed E-state index contributed by atoms with van der Waals surface area (Å²) in [6, 6.07) is 65.1. The zero-order valence-corrected chi connectivity index (χ0v) is 45.5. The van der Waals surface area contributed by atoms with E-state index in [0.29, 0.717) is 11.1 Å². The number of hydrogen-bond donors (Lipinski definition) is 2. The average Bonchev–Trinajstić information content (AvgIpc) is 4.31. The van der Waals surface area contributed by atoms with Gasteiger partial charge in [-0.1, -0.05) is 182 Å². The second-order valence-corrected chi connectivity index (χ2v) is 21.8. The number of nitriles is 2. The summed E-state index contributed by atoms with van der Waals surface area (Å²) in [4.78, 5) is 0. The lowest BCUT2D eigenvalue weighted by molar-refractivity contribution is -0.210. The molecule has 0 saturated carbocycles. The molecule has 14 heteroatoms. The van der Waals surface area contributed by atoms with Crippen molar-refractivity contribution in [2.75, 3.05) is 24.7 Å². The number of furan rings is 2. The van der Waals surface area contributed by atoms with Gasteiger partial charge in [0.15, 0.2) is 11.6 Å². The number of hydrogen-bond acceptors (Lipinski definition) is 14. The highest BCUT2D eigenvalue weighted by molar-refractivity contribution is 5.58. The molecule has 0 aliphatic carbocycles. The summed E-state index contributed by atoms with van der Waals surface area (Å²) in [5.74, 6) is -1.61. The molecule has 4 aliphatic rings. The fourth-order valence-corrected chi connectivity index (χ4v) is 12.4. The number of fused-ring (bicyclic) bond motifs is 2. The molecular weight excluding hydrogens is 1010 g/mol. The van der Waals surface area contributed by atoms with Gasteiger partial charge in [0.1, 0.15) is 83.7 Å². The maximum Gasteiger partial charge on any atom is 0.226 e. The van der Waals surface area contributed by atoms with E-state index in [1.165, 1.54) is 12.5 Å². The molecule has 4 aliphatic heterocycles. The summed E-state index contributed by atoms with van der Waals surface area (Å²) in [7, 11) is 0. The van der Waals surface area contributed by atoms with Crippen LogP contribution in [0.2, 0.25) is 0 Å². The van der Waals surface area contributed by atoms with Crippen LogP contribution in [0.3, 0.4) is 0 Å². The number of nitrogens with zero attached hydrogens (tertiary/aromatic N) is 2. The molecule has 2 aromatic heterocycles. The Hall–Kier alpha value is -7.86. The van der Waals surface area contributed by atoms with Crippen LogP contribution in [-0.4, -0.2) is 60.4 Å². The minimum Gasteiger partial charge on any atom is -0.451 e. The van der Waals surface area contributed by atoms with Crippen LogP contribution in [0, 0.1) is 22.7 Å². The highest BCUT2D eigenvalue weighted by Crippen LogP contribution is 2.57. The van der Waals surface area contributed by atoms with Crippen molar-refractivity contribution in [2.45, 2.75) is 112 Å². The lowest BCUT2D eigenvalue weighted by atomic mass is 9.80. The number of rotatable bonds is 14. The van der Waals surface area contributed by atoms with Gasteiger partial charge in [-0.3, -0.25) is 0 Å². The van der Waals surface area contributed by atoms with Gasteiger partial charge in [0, 0.05) is 11.1 Å². The Morgan fingerprint density at radius 2 is 0.700 bits per heavy atom. The van der Waals surface area contributed by atoms with E-state index in [0.717, 1.165) is 33.4 Å². The van der Waals surface area contributed by atoms with Gasteiger partial charge in [-0.2, -0.15) is 10.5 Å². The van der Waals surface area contributed by atoms with Crippen LogP contribution >= 0.6 is 0 Å². The standard InChI is InChI=1S/2C33H32N2O5/c2*1-31(2)39-30-27(38-29(32(30,3)40-31)25-20-36-26(19-34)28(25)35)21-37-33(22-13-7-4-8-14-22,23-15-9-5-10-16-23)24-17-11-6-12-18-24/h2*4-18,20,27,29-30H,21,35H2,1-3H3/t27-,29+,30-,32+;27-,29-,30-,32+/m11/s1. The first-order chi connectivity index (χ1) is 38.6. The number of nitrogens with two attached hydrogens (primary N) is 2. The summed E-state index contributed by atoms with van der Waals surface area (Å²) in [6.07, 6.45) is -0.252. The normalized spacial score (nSPS) is 25.4. The predicted octanol–water partition coefficient (Wildman–Crippen LogP) is 12.2. The molecule has 8 aromatic rings. The minimum absolute atomic E-state index is 0.0490. The summed E-state index contributed by atoms with van der Waals surface area (Å²) >= 11 is 0. The summed E-state index contributed by atoms with van der Waals surface area (Å²) in [5, 5.41) is 18.8. The zero-order chi connectivity index (χ0) is 55.9. The second kappa shape index (κ2) is 21.3. The van der Waals surface area contributed by atoms with Crippen LogP contribution in [0.15, 0.2) is 203 Å². The van der Waals surface area contributed by atoms with E-state index in [1.54, 1.807) is 0 Å². The molecule has 12 rings (SSSR count). The predicted molar refractivity (Wildman–Crippen MR) is 298 cm³/mol. The fourth-order valence-electron chi connectivity index (χ4n) is 12.4. The Morgan fingerprint density at radius 3 is 0.938 bits per heavy atom. The van der Waals surface area contributed by atoms with Crippen molar-refractivity contribution in [1.82, 2.24) is 0 Å². The van der Waals surface area contributed by atoms with E-state index in [9.17, 15) is 10.5 Å². The Kier molecular flexibility index (Phi) is 14.4. The van der Waals surface area contributed by atoms with E-state index < -0.39 is 70.6 Å². The fraction of sp³-hybridized carbons (Fsp3) is 0.303. The first kappa shape index (κ1) is 54.1. The van der Waals surface area contributed by atoms with Crippen LogP contribution in [-0.2, 0) is 49.1 Å². The van der Waals surface area contributed by atoms with E-state index >= 15 is 0 Å². The summed E-state index contributed by atoms with van der Waals surface area (Å²) in [5.41, 5.74) is 16.5. The smallest absolute Gasteiger partial charge is 0.226 e. The van der Waals surface area contributed by atoms with Crippen molar-refractivity contribution >= 4 is 11.4 Å². The Balaban J connectivity index is 0.000000169. The number of benzene rings is 6. The summed E-state index contributed by atoms with van der Waals surface area (Å²) < 4.78 is 64.0. The highest BCUT2D eigenvalue weighted by atomic mass is 16.8. The first-order valence-corrected chi connectivity index (χ1v) is 26.8. The highest BCUT2D eigenvalue weighted by Gasteiger charge is 2.66. The van der Waals surface area contributed by atoms with Gasteiger partial charge in [0.05, 0.1) is 24.6 Å². The molecule has 6 heterocycles. The quantitative estimate of drug-likeness (QED) is 0.0974. The molecule has 4 saturated heterocycles. The number of nitrogen functional groups attached to an aromatic ring is 2. The van der Waals surface area contributed by atoms with Gasteiger partial charge in [-0.15, -0.1) is 0 Å². The van der Waals surface area contributed by atoms with E-state index in [4.69, 9.17) is 58.2 Å². The average molecular weight is 1070 g/mol. The van der Waals surface area contributed by atoms with Crippen molar-refractivity contribution in [1.29, 1.82) is 10.5 Å². The van der Waals surface area contributed by atoms with Crippen molar-refractivity contribution in [2.24, 2.45) is 0 Å². The minimum atomic E-state index is -0.917. The first-order valence-electron chi connectivity index (χ1n) is 26.8. The molecule has 0 bridgehead atoms. The molecular formula is C66H64N4O10. The molecule has 6 aromatic carbocycles. The zero-order valence-electron chi connectivity index (χ0n) is 45.5. The van der Waals surface area contributed by atoms with Gasteiger partial charge in [-0.25, -0.2) is 0 Å². The SMILES string of the molecule is CC1(C)O[C@@H]2[C@@H](COC(c3ccccc3)(c3ccccc3)c3ccccc3)O[C@@H](c3coc(C#N)c3N)[C@]2(C)O1.CC1(C)O[C@@H]2[C@@H](COC(c3ccccc3)(c3ccccc3)c3ccccc3)O[C@H](c3coc(C#N)c3N)[C@]2(C)O1. The Morgan fingerprint density at radius 1 is 0.438 bits per heavy atom. The molecule has 8 atom stereocenters. The molecule has 0 spiro atoms. The maximum atomic E-state index is 9.42. The van der Waals surface area contributed by atoms with E-state index in [-0.39, 0.29) is 36.1 Å². The third-order valence-corrected chi connectivity index (χ3v) is 15.7. The van der Waals surface area contributed by atoms with Crippen molar-refractivity contribution in [3.8, 4) is 12.1 Å². The van der Waals surface area contributed by atoms with Crippen LogP contribution in [0.4, 0.5) is 11.4 Å². The Labute approximate surface area is 466 Å². The maximum absolute atomic E-state index is 9.42. The number of ether oxygens (including phenoxy) is 8. The molecule has 0 unspecified atom stereocenters.